The molecule has 0 bridgehead atoms. The fraction of sp³-hybridized carbons (Fsp3) is 0.941. The predicted molar refractivity (Wildman–Crippen MR) is 82.3 cm³/mol. The molecule has 19 heavy (non-hydrogen) atoms. The summed E-state index contributed by atoms with van der Waals surface area (Å²) in [6, 6.07) is 0.657. The summed E-state index contributed by atoms with van der Waals surface area (Å²) >= 11 is 0. The molecular formula is C17H33NO. The number of hydrogen-bond acceptors (Lipinski definition) is 2. The minimum absolute atomic E-state index is 0.162. The van der Waals surface area contributed by atoms with Crippen molar-refractivity contribution in [2.45, 2.75) is 79.3 Å². The van der Waals surface area contributed by atoms with Crippen molar-refractivity contribution in [3.05, 3.63) is 0 Å². The Bertz CT molecular complexity index is 283. The molecule has 1 fully saturated rings. The summed E-state index contributed by atoms with van der Waals surface area (Å²) in [5.41, 5.74) is 0. The molecule has 0 spiro atoms. The lowest BCUT2D eigenvalue weighted by molar-refractivity contribution is -0.130. The number of Topliss-reactive ketones (excluding diaryl/α,β-unsaturated/α-hetero) is 1. The van der Waals surface area contributed by atoms with Crippen molar-refractivity contribution >= 4 is 5.78 Å². The van der Waals surface area contributed by atoms with Gasteiger partial charge in [-0.2, -0.15) is 0 Å². The van der Waals surface area contributed by atoms with Crippen molar-refractivity contribution < 1.29 is 4.79 Å². The van der Waals surface area contributed by atoms with Crippen LogP contribution in [0.25, 0.3) is 0 Å². The van der Waals surface area contributed by atoms with Gasteiger partial charge in [-0.15, -0.1) is 0 Å². The largest absolute Gasteiger partial charge is 0.298 e. The minimum atomic E-state index is 0.162. The second kappa shape index (κ2) is 7.42. The number of carbonyl (C=O) groups excluding carboxylic acids is 1. The summed E-state index contributed by atoms with van der Waals surface area (Å²) in [6.07, 6.45) is 4.95. The van der Waals surface area contributed by atoms with Crippen LogP contribution in [0.4, 0.5) is 0 Å². The molecule has 1 rings (SSSR count). The first kappa shape index (κ1) is 16.7. The highest BCUT2D eigenvalue weighted by molar-refractivity contribution is 5.85. The Balaban J connectivity index is 2.66. The van der Waals surface area contributed by atoms with Crippen molar-refractivity contribution in [1.29, 1.82) is 0 Å². The van der Waals surface area contributed by atoms with Crippen LogP contribution in [0.2, 0.25) is 0 Å². The molecule has 112 valence electrons. The van der Waals surface area contributed by atoms with Gasteiger partial charge >= 0.3 is 0 Å². The van der Waals surface area contributed by atoms with Crippen LogP contribution in [-0.4, -0.2) is 29.3 Å². The third-order valence-corrected chi connectivity index (χ3v) is 4.47. The number of carbonyl (C=O) groups is 1. The van der Waals surface area contributed by atoms with Crippen LogP contribution in [0.15, 0.2) is 0 Å². The second-order valence-corrected chi connectivity index (χ2v) is 7.27. The predicted octanol–water partition coefficient (Wildman–Crippen LogP) is 4.14. The van der Waals surface area contributed by atoms with Gasteiger partial charge < -0.3 is 0 Å². The molecule has 0 amide bonds. The molecule has 2 heteroatoms. The zero-order valence-electron chi connectivity index (χ0n) is 13.8. The molecule has 1 unspecified atom stereocenters. The van der Waals surface area contributed by atoms with Crippen molar-refractivity contribution in [3.63, 3.8) is 0 Å². The molecule has 0 saturated carbocycles. The molecule has 0 aromatic rings. The van der Waals surface area contributed by atoms with Gasteiger partial charge in [-0.05, 0) is 45.1 Å². The molecule has 2 nitrogen and oxygen atoms in total. The van der Waals surface area contributed by atoms with Gasteiger partial charge in [0.2, 0.25) is 0 Å². The van der Waals surface area contributed by atoms with Gasteiger partial charge in [0.15, 0.2) is 5.78 Å². The van der Waals surface area contributed by atoms with E-state index in [1.165, 1.54) is 19.3 Å². The van der Waals surface area contributed by atoms with Gasteiger partial charge in [0.1, 0.15) is 0 Å². The van der Waals surface area contributed by atoms with Crippen molar-refractivity contribution in [1.82, 2.24) is 4.90 Å². The lowest BCUT2D eigenvalue weighted by atomic mass is 9.82. The highest BCUT2D eigenvalue weighted by Gasteiger charge is 2.35. The smallest absolute Gasteiger partial charge is 0.152 e. The van der Waals surface area contributed by atoms with E-state index in [1.54, 1.807) is 0 Å². The maximum Gasteiger partial charge on any atom is 0.152 e. The lowest BCUT2D eigenvalue weighted by Gasteiger charge is -2.42. The topological polar surface area (TPSA) is 20.3 Å². The maximum absolute atomic E-state index is 12.5. The SMILES string of the molecule is CC(C)CCC1CCN(C(C)C)[C@H](C(=O)C(C)C)C1. The van der Waals surface area contributed by atoms with Gasteiger partial charge in [-0.25, -0.2) is 0 Å². The summed E-state index contributed by atoms with van der Waals surface area (Å²) < 4.78 is 0. The number of rotatable bonds is 6. The molecule has 0 N–H and O–H groups in total. The zero-order chi connectivity index (χ0) is 14.6. The summed E-state index contributed by atoms with van der Waals surface area (Å²) in [6.45, 7) is 14.2. The van der Waals surface area contributed by atoms with E-state index in [2.05, 4.69) is 32.6 Å². The van der Waals surface area contributed by atoms with E-state index in [9.17, 15) is 4.79 Å². The van der Waals surface area contributed by atoms with Crippen molar-refractivity contribution in [3.8, 4) is 0 Å². The van der Waals surface area contributed by atoms with Gasteiger partial charge in [-0.1, -0.05) is 40.5 Å². The van der Waals surface area contributed by atoms with Crippen LogP contribution < -0.4 is 0 Å². The maximum atomic E-state index is 12.5. The number of nitrogens with zero attached hydrogens (tertiary/aromatic N) is 1. The number of hydrogen-bond donors (Lipinski definition) is 0. The van der Waals surface area contributed by atoms with Crippen LogP contribution in [0.1, 0.15) is 67.2 Å². The summed E-state index contributed by atoms with van der Waals surface area (Å²) in [4.78, 5) is 14.9. The van der Waals surface area contributed by atoms with Gasteiger partial charge in [-0.3, -0.25) is 9.69 Å². The van der Waals surface area contributed by atoms with Crippen LogP contribution >= 0.6 is 0 Å². The fourth-order valence-corrected chi connectivity index (χ4v) is 3.17. The Morgan fingerprint density at radius 1 is 1.16 bits per heavy atom. The van der Waals surface area contributed by atoms with Crippen LogP contribution in [0.5, 0.6) is 0 Å². The molecule has 0 radical (unpaired) electrons. The molecule has 0 aromatic carbocycles. The zero-order valence-corrected chi connectivity index (χ0v) is 13.8. The molecule has 2 atom stereocenters. The standard InChI is InChI=1S/C17H33NO/c1-12(2)7-8-15-9-10-18(14(5)6)16(11-15)17(19)13(3)4/h12-16H,7-11H2,1-6H3/t15?,16-/m0/s1. The quantitative estimate of drug-likeness (QED) is 0.721. The molecule has 1 saturated heterocycles. The van der Waals surface area contributed by atoms with Crippen molar-refractivity contribution in [2.75, 3.05) is 6.54 Å². The molecule has 0 aliphatic carbocycles. The number of ketones is 1. The summed E-state index contributed by atoms with van der Waals surface area (Å²) in [5.74, 6) is 2.14. The van der Waals surface area contributed by atoms with Crippen LogP contribution in [0, 0.1) is 17.8 Å². The average molecular weight is 267 g/mol. The molecule has 1 aliphatic heterocycles. The summed E-state index contributed by atoms with van der Waals surface area (Å²) in [7, 11) is 0. The number of likely N-dealkylation sites (tertiary alicyclic amines) is 1. The first-order valence-electron chi connectivity index (χ1n) is 8.12. The highest BCUT2D eigenvalue weighted by Crippen LogP contribution is 2.30. The minimum Gasteiger partial charge on any atom is -0.298 e. The monoisotopic (exact) mass is 267 g/mol. The molecule has 1 heterocycles. The van der Waals surface area contributed by atoms with Crippen LogP contribution in [0.3, 0.4) is 0 Å². The van der Waals surface area contributed by atoms with E-state index in [-0.39, 0.29) is 12.0 Å². The van der Waals surface area contributed by atoms with Gasteiger partial charge in [0.05, 0.1) is 6.04 Å². The Labute approximate surface area is 119 Å². The fourth-order valence-electron chi connectivity index (χ4n) is 3.17. The Morgan fingerprint density at radius 2 is 1.79 bits per heavy atom. The van der Waals surface area contributed by atoms with Crippen LogP contribution in [-0.2, 0) is 4.79 Å². The molecule has 1 aliphatic rings. The lowest BCUT2D eigenvalue weighted by Crippen LogP contribution is -2.51. The highest BCUT2D eigenvalue weighted by atomic mass is 16.1. The molecular weight excluding hydrogens is 234 g/mol. The average Bonchev–Trinajstić information content (AvgIpc) is 2.34. The summed E-state index contributed by atoms with van der Waals surface area (Å²) in [5, 5.41) is 0. The van der Waals surface area contributed by atoms with E-state index in [0.717, 1.165) is 24.8 Å². The van der Waals surface area contributed by atoms with E-state index in [4.69, 9.17) is 0 Å². The normalized spacial score (nSPS) is 25.5. The second-order valence-electron chi connectivity index (χ2n) is 7.27. The van der Waals surface area contributed by atoms with E-state index in [1.807, 2.05) is 13.8 Å². The third-order valence-electron chi connectivity index (χ3n) is 4.47. The van der Waals surface area contributed by atoms with E-state index in [0.29, 0.717) is 11.8 Å². The Kier molecular flexibility index (Phi) is 6.52. The van der Waals surface area contributed by atoms with Gasteiger partial charge in [0, 0.05) is 12.0 Å². The third kappa shape index (κ3) is 4.91. The Hall–Kier alpha value is -0.370. The van der Waals surface area contributed by atoms with Gasteiger partial charge in [0.25, 0.3) is 0 Å². The van der Waals surface area contributed by atoms with E-state index < -0.39 is 0 Å². The first-order chi connectivity index (χ1) is 8.82. The van der Waals surface area contributed by atoms with E-state index >= 15 is 0 Å². The molecule has 0 aromatic heterocycles. The Morgan fingerprint density at radius 3 is 2.26 bits per heavy atom. The number of piperidine rings is 1. The first-order valence-corrected chi connectivity index (χ1v) is 8.12. The van der Waals surface area contributed by atoms with Crippen molar-refractivity contribution in [2.24, 2.45) is 17.8 Å².